The maximum absolute atomic E-state index is 13.0. The van der Waals surface area contributed by atoms with Crippen molar-refractivity contribution in [2.45, 2.75) is 6.92 Å². The molecule has 1 heterocycles. The van der Waals surface area contributed by atoms with E-state index in [1.807, 2.05) is 0 Å². The number of carbonyl (C=O) groups excluding carboxylic acids is 1. The van der Waals surface area contributed by atoms with Crippen LogP contribution < -0.4 is 0 Å². The van der Waals surface area contributed by atoms with Gasteiger partial charge in [-0.2, -0.15) is 0 Å². The average Bonchev–Trinajstić information content (AvgIpc) is 2.70. The van der Waals surface area contributed by atoms with Crippen LogP contribution in [-0.2, 0) is 4.74 Å². The Kier molecular flexibility index (Phi) is 3.34. The Bertz CT molecular complexity index is 609. The lowest BCUT2D eigenvalue weighted by molar-refractivity contribution is 0.0599. The summed E-state index contributed by atoms with van der Waals surface area (Å²) in [6, 6.07) is 3.80. The zero-order valence-corrected chi connectivity index (χ0v) is 10.4. The van der Waals surface area contributed by atoms with Crippen LogP contribution >= 0.6 is 11.6 Å². The van der Waals surface area contributed by atoms with Gasteiger partial charge in [0.2, 0.25) is 0 Å². The summed E-state index contributed by atoms with van der Waals surface area (Å²) in [6.45, 7) is 1.58. The van der Waals surface area contributed by atoms with Crippen LogP contribution in [0.4, 0.5) is 4.39 Å². The van der Waals surface area contributed by atoms with E-state index in [0.717, 1.165) is 6.07 Å². The fraction of sp³-hybridized carbons (Fsp3) is 0.167. The first kappa shape index (κ1) is 12.6. The van der Waals surface area contributed by atoms with Crippen molar-refractivity contribution in [2.75, 3.05) is 7.11 Å². The zero-order chi connectivity index (χ0) is 13.3. The van der Waals surface area contributed by atoms with Gasteiger partial charge in [-0.25, -0.2) is 9.18 Å². The number of rotatable bonds is 2. The molecule has 0 N–H and O–H groups in total. The van der Waals surface area contributed by atoms with Gasteiger partial charge >= 0.3 is 5.97 Å². The minimum Gasteiger partial charge on any atom is -0.465 e. The summed E-state index contributed by atoms with van der Waals surface area (Å²) in [5.41, 5.74) is 0.839. The number of esters is 1. The Hall–Kier alpha value is -1.88. The van der Waals surface area contributed by atoms with Crippen molar-refractivity contribution >= 4 is 17.6 Å². The Morgan fingerprint density at radius 2 is 2.22 bits per heavy atom. The number of aryl methyl sites for hydroxylation is 1. The number of carbonyl (C=O) groups is 1. The van der Waals surface area contributed by atoms with Gasteiger partial charge in [0.25, 0.3) is 0 Å². The van der Waals surface area contributed by atoms with Crippen LogP contribution in [0.25, 0.3) is 11.3 Å². The normalized spacial score (nSPS) is 10.4. The number of hydrogen-bond acceptors (Lipinski definition) is 4. The molecule has 6 heteroatoms. The zero-order valence-electron chi connectivity index (χ0n) is 9.66. The summed E-state index contributed by atoms with van der Waals surface area (Å²) in [5.74, 6) is -0.732. The van der Waals surface area contributed by atoms with Gasteiger partial charge in [0.1, 0.15) is 22.8 Å². The van der Waals surface area contributed by atoms with E-state index in [4.69, 9.17) is 16.1 Å². The van der Waals surface area contributed by atoms with Gasteiger partial charge in [-0.1, -0.05) is 16.8 Å². The topological polar surface area (TPSA) is 52.3 Å². The van der Waals surface area contributed by atoms with Crippen LogP contribution in [0.1, 0.15) is 16.1 Å². The molecule has 0 saturated carbocycles. The summed E-state index contributed by atoms with van der Waals surface area (Å²) in [4.78, 5) is 11.6. The molecule has 0 amide bonds. The molecule has 0 unspecified atom stereocenters. The van der Waals surface area contributed by atoms with E-state index >= 15 is 0 Å². The third-order valence-corrected chi connectivity index (χ3v) is 2.75. The quantitative estimate of drug-likeness (QED) is 0.786. The molecule has 2 aromatic rings. The molecule has 0 radical (unpaired) electrons. The maximum atomic E-state index is 13.0. The molecular weight excluding hydrogens is 261 g/mol. The Morgan fingerprint density at radius 1 is 1.50 bits per heavy atom. The first-order valence-electron chi connectivity index (χ1n) is 5.04. The number of benzene rings is 1. The molecule has 2 rings (SSSR count). The number of hydrogen-bond donors (Lipinski definition) is 0. The van der Waals surface area contributed by atoms with Crippen LogP contribution in [0.2, 0.25) is 5.02 Å². The molecule has 0 atom stereocenters. The van der Waals surface area contributed by atoms with E-state index in [0.29, 0.717) is 11.3 Å². The molecule has 1 aromatic heterocycles. The second-order valence-electron chi connectivity index (χ2n) is 3.58. The summed E-state index contributed by atoms with van der Waals surface area (Å²) in [6.07, 6.45) is 0. The van der Waals surface area contributed by atoms with E-state index in [-0.39, 0.29) is 16.3 Å². The lowest BCUT2D eigenvalue weighted by Crippen LogP contribution is -2.03. The highest BCUT2D eigenvalue weighted by Crippen LogP contribution is 2.31. The van der Waals surface area contributed by atoms with Crippen LogP contribution in [0.5, 0.6) is 0 Å². The first-order valence-corrected chi connectivity index (χ1v) is 5.42. The summed E-state index contributed by atoms with van der Waals surface area (Å²) >= 11 is 5.92. The van der Waals surface area contributed by atoms with Crippen molar-refractivity contribution in [2.24, 2.45) is 0 Å². The highest BCUT2D eigenvalue weighted by molar-refractivity contribution is 6.33. The monoisotopic (exact) mass is 269 g/mol. The smallest absolute Gasteiger partial charge is 0.343 e. The molecule has 0 aliphatic rings. The largest absolute Gasteiger partial charge is 0.465 e. The summed E-state index contributed by atoms with van der Waals surface area (Å²) in [7, 11) is 1.25. The number of ether oxygens (including phenoxy) is 1. The van der Waals surface area contributed by atoms with E-state index in [1.165, 1.54) is 19.2 Å². The minimum atomic E-state index is -0.579. The maximum Gasteiger partial charge on any atom is 0.343 e. The van der Waals surface area contributed by atoms with Crippen molar-refractivity contribution in [1.82, 2.24) is 5.16 Å². The summed E-state index contributed by atoms with van der Waals surface area (Å²) in [5, 5.41) is 3.91. The van der Waals surface area contributed by atoms with Crippen molar-refractivity contribution in [3.05, 3.63) is 40.4 Å². The Balaban J connectivity index is 2.61. The molecule has 0 bridgehead atoms. The average molecular weight is 270 g/mol. The summed E-state index contributed by atoms with van der Waals surface area (Å²) < 4.78 is 22.6. The molecule has 0 saturated heterocycles. The van der Waals surface area contributed by atoms with Gasteiger partial charge in [-0.05, 0) is 25.1 Å². The lowest BCUT2D eigenvalue weighted by Gasteiger charge is -2.03. The number of methoxy groups -OCH3 is 1. The van der Waals surface area contributed by atoms with Gasteiger partial charge < -0.3 is 9.26 Å². The minimum absolute atomic E-state index is 0.147. The Labute approximate surface area is 107 Å². The van der Waals surface area contributed by atoms with Crippen molar-refractivity contribution in [3.8, 4) is 11.3 Å². The van der Waals surface area contributed by atoms with Gasteiger partial charge in [-0.3, -0.25) is 0 Å². The molecule has 0 fully saturated rings. The van der Waals surface area contributed by atoms with E-state index in [9.17, 15) is 9.18 Å². The molecule has 0 aliphatic heterocycles. The number of aromatic nitrogens is 1. The molecule has 4 nitrogen and oxygen atoms in total. The highest BCUT2D eigenvalue weighted by atomic mass is 35.5. The van der Waals surface area contributed by atoms with Gasteiger partial charge in [0, 0.05) is 5.56 Å². The number of halogens is 2. The van der Waals surface area contributed by atoms with Crippen molar-refractivity contribution in [3.63, 3.8) is 0 Å². The highest BCUT2D eigenvalue weighted by Gasteiger charge is 2.23. The molecule has 0 spiro atoms. The van der Waals surface area contributed by atoms with Gasteiger partial charge in [-0.15, -0.1) is 0 Å². The van der Waals surface area contributed by atoms with E-state index < -0.39 is 11.8 Å². The molecule has 0 aliphatic carbocycles. The second kappa shape index (κ2) is 4.78. The SMILES string of the molecule is COC(=O)c1c(-c2ccc(F)cc2Cl)noc1C. The molecule has 18 heavy (non-hydrogen) atoms. The predicted molar refractivity (Wildman–Crippen MR) is 63.0 cm³/mol. The van der Waals surface area contributed by atoms with Gasteiger partial charge in [0.15, 0.2) is 0 Å². The van der Waals surface area contributed by atoms with Crippen molar-refractivity contribution in [1.29, 1.82) is 0 Å². The van der Waals surface area contributed by atoms with Crippen LogP contribution in [0.3, 0.4) is 0 Å². The molecular formula is C12H9ClFNO3. The fourth-order valence-corrected chi connectivity index (χ4v) is 1.84. The molecule has 1 aromatic carbocycles. The standard InChI is InChI=1S/C12H9ClFNO3/c1-6-10(12(16)17-2)11(15-18-6)8-4-3-7(14)5-9(8)13/h3-5H,1-2H3. The Morgan fingerprint density at radius 3 is 2.83 bits per heavy atom. The third-order valence-electron chi connectivity index (χ3n) is 2.44. The fourth-order valence-electron chi connectivity index (χ4n) is 1.58. The number of nitrogens with zero attached hydrogens (tertiary/aromatic N) is 1. The van der Waals surface area contributed by atoms with Gasteiger partial charge in [0.05, 0.1) is 12.1 Å². The molecule has 94 valence electrons. The third kappa shape index (κ3) is 2.09. The first-order chi connectivity index (χ1) is 8.54. The van der Waals surface area contributed by atoms with Crippen LogP contribution in [0, 0.1) is 12.7 Å². The lowest BCUT2D eigenvalue weighted by atomic mass is 10.1. The van der Waals surface area contributed by atoms with Crippen LogP contribution in [-0.4, -0.2) is 18.2 Å². The van der Waals surface area contributed by atoms with E-state index in [2.05, 4.69) is 9.89 Å². The second-order valence-corrected chi connectivity index (χ2v) is 3.99. The van der Waals surface area contributed by atoms with Crippen LogP contribution in [0.15, 0.2) is 22.7 Å². The van der Waals surface area contributed by atoms with E-state index in [1.54, 1.807) is 6.92 Å². The van der Waals surface area contributed by atoms with Crippen molar-refractivity contribution < 1.29 is 18.4 Å². The predicted octanol–water partition coefficient (Wildman–Crippen LogP) is 3.23.